The van der Waals surface area contributed by atoms with Crippen molar-refractivity contribution in [2.75, 3.05) is 19.5 Å². The van der Waals surface area contributed by atoms with Crippen LogP contribution in [0.3, 0.4) is 0 Å². The lowest BCUT2D eigenvalue weighted by Gasteiger charge is -2.12. The number of hydrogen-bond acceptors (Lipinski definition) is 4. The van der Waals surface area contributed by atoms with E-state index in [2.05, 4.69) is 5.32 Å². The number of carbonyl (C=O) groups is 1. The summed E-state index contributed by atoms with van der Waals surface area (Å²) in [5.41, 5.74) is 2.64. The summed E-state index contributed by atoms with van der Waals surface area (Å²) in [5, 5.41) is 12.2. The molecular formula is C17H17NO4. The van der Waals surface area contributed by atoms with Crippen LogP contribution >= 0.6 is 0 Å². The first kappa shape index (κ1) is 14.3. The van der Waals surface area contributed by atoms with Crippen LogP contribution in [0.4, 0.5) is 5.69 Å². The van der Waals surface area contributed by atoms with Crippen LogP contribution in [0.15, 0.2) is 36.4 Å². The van der Waals surface area contributed by atoms with E-state index in [1.807, 2.05) is 18.2 Å². The van der Waals surface area contributed by atoms with Gasteiger partial charge >= 0.3 is 0 Å². The highest BCUT2D eigenvalue weighted by Crippen LogP contribution is 2.42. The Bertz CT molecular complexity index is 709. The number of carbonyl (C=O) groups excluding carboxylic acids is 1. The van der Waals surface area contributed by atoms with Crippen LogP contribution in [0.25, 0.3) is 0 Å². The Morgan fingerprint density at radius 2 is 1.73 bits per heavy atom. The van der Waals surface area contributed by atoms with Gasteiger partial charge in [0.15, 0.2) is 11.5 Å². The van der Waals surface area contributed by atoms with Gasteiger partial charge in [0.2, 0.25) is 5.91 Å². The number of hydrogen-bond donors (Lipinski definition) is 2. The Labute approximate surface area is 128 Å². The third-order valence-electron chi connectivity index (χ3n) is 3.88. The van der Waals surface area contributed by atoms with Crippen LogP contribution in [0.2, 0.25) is 0 Å². The lowest BCUT2D eigenvalue weighted by molar-refractivity contribution is -0.117. The largest absolute Gasteiger partial charge is 0.508 e. The number of methoxy groups -OCH3 is 2. The molecule has 114 valence electrons. The molecule has 0 saturated heterocycles. The molecular weight excluding hydrogens is 282 g/mol. The molecule has 0 aromatic heterocycles. The van der Waals surface area contributed by atoms with Crippen molar-refractivity contribution < 1.29 is 19.4 Å². The molecule has 22 heavy (non-hydrogen) atoms. The van der Waals surface area contributed by atoms with Crippen molar-refractivity contribution in [1.29, 1.82) is 0 Å². The third-order valence-corrected chi connectivity index (χ3v) is 3.88. The van der Waals surface area contributed by atoms with Crippen molar-refractivity contribution in [2.45, 2.75) is 12.3 Å². The summed E-state index contributed by atoms with van der Waals surface area (Å²) in [5.74, 6) is 1.09. The number of amides is 1. The molecule has 2 aromatic carbocycles. The van der Waals surface area contributed by atoms with E-state index in [0.29, 0.717) is 17.9 Å². The van der Waals surface area contributed by atoms with E-state index >= 15 is 0 Å². The summed E-state index contributed by atoms with van der Waals surface area (Å²) < 4.78 is 10.6. The summed E-state index contributed by atoms with van der Waals surface area (Å²) in [6, 6.07) is 10.5. The molecule has 0 bridgehead atoms. The normalized spacial score (nSPS) is 16.1. The maximum Gasteiger partial charge on any atom is 0.232 e. The summed E-state index contributed by atoms with van der Waals surface area (Å²) >= 11 is 0. The molecule has 5 nitrogen and oxygen atoms in total. The second-order valence-corrected chi connectivity index (χ2v) is 5.21. The first-order valence-electron chi connectivity index (χ1n) is 6.97. The van der Waals surface area contributed by atoms with Crippen LogP contribution in [0.1, 0.15) is 17.0 Å². The van der Waals surface area contributed by atoms with Gasteiger partial charge in [-0.2, -0.15) is 0 Å². The summed E-state index contributed by atoms with van der Waals surface area (Å²) in [6.45, 7) is 0. The van der Waals surface area contributed by atoms with Gasteiger partial charge in [0.25, 0.3) is 0 Å². The zero-order chi connectivity index (χ0) is 15.7. The molecule has 0 aliphatic carbocycles. The van der Waals surface area contributed by atoms with Crippen LogP contribution in [-0.4, -0.2) is 25.2 Å². The average molecular weight is 299 g/mol. The Morgan fingerprint density at radius 3 is 2.36 bits per heavy atom. The zero-order valence-corrected chi connectivity index (χ0v) is 12.4. The fourth-order valence-electron chi connectivity index (χ4n) is 2.72. The first-order chi connectivity index (χ1) is 10.6. The van der Waals surface area contributed by atoms with Gasteiger partial charge in [-0.25, -0.2) is 0 Å². The summed E-state index contributed by atoms with van der Waals surface area (Å²) in [4.78, 5) is 12.3. The Morgan fingerprint density at radius 1 is 1.09 bits per heavy atom. The molecule has 1 aliphatic rings. The average Bonchev–Trinajstić information content (AvgIpc) is 2.83. The van der Waals surface area contributed by atoms with Gasteiger partial charge in [-0.15, -0.1) is 0 Å². The second kappa shape index (κ2) is 5.60. The number of fused-ring (bicyclic) bond motifs is 1. The molecule has 1 aliphatic heterocycles. The monoisotopic (exact) mass is 299 g/mol. The predicted octanol–water partition coefficient (Wildman–Crippen LogP) is 2.69. The van der Waals surface area contributed by atoms with Crippen molar-refractivity contribution in [2.24, 2.45) is 0 Å². The van der Waals surface area contributed by atoms with E-state index in [1.54, 1.807) is 32.4 Å². The van der Waals surface area contributed by atoms with E-state index < -0.39 is 0 Å². The number of rotatable bonds is 4. The topological polar surface area (TPSA) is 67.8 Å². The van der Waals surface area contributed by atoms with Crippen molar-refractivity contribution in [1.82, 2.24) is 0 Å². The van der Waals surface area contributed by atoms with Gasteiger partial charge in [-0.05, 0) is 35.7 Å². The SMILES string of the molecule is COc1cc2c(cc1OC)C(Cc1ccc(O)cc1)C(=O)N2. The van der Waals surface area contributed by atoms with E-state index in [0.717, 1.165) is 16.8 Å². The fraction of sp³-hybridized carbons (Fsp3) is 0.235. The molecule has 1 amide bonds. The minimum Gasteiger partial charge on any atom is -0.508 e. The molecule has 5 heteroatoms. The first-order valence-corrected chi connectivity index (χ1v) is 6.97. The van der Waals surface area contributed by atoms with Crippen LogP contribution in [0.5, 0.6) is 17.2 Å². The standard InChI is InChI=1S/C17H17NO4/c1-21-15-8-12-13(7-10-3-5-11(19)6-4-10)17(20)18-14(12)9-16(15)22-2/h3-6,8-9,13,19H,7H2,1-2H3,(H,18,20). The number of anilines is 1. The fourth-order valence-corrected chi connectivity index (χ4v) is 2.72. The van der Waals surface area contributed by atoms with Crippen molar-refractivity contribution in [3.05, 3.63) is 47.5 Å². The number of ether oxygens (including phenoxy) is 2. The van der Waals surface area contributed by atoms with Crippen molar-refractivity contribution in [3.63, 3.8) is 0 Å². The number of aromatic hydroxyl groups is 1. The Hall–Kier alpha value is -2.69. The van der Waals surface area contributed by atoms with Gasteiger partial charge in [-0.1, -0.05) is 12.1 Å². The predicted molar refractivity (Wildman–Crippen MR) is 82.7 cm³/mol. The van der Waals surface area contributed by atoms with E-state index in [9.17, 15) is 9.90 Å². The maximum absolute atomic E-state index is 12.3. The third kappa shape index (κ3) is 2.45. The van der Waals surface area contributed by atoms with Gasteiger partial charge in [0.05, 0.1) is 20.1 Å². The summed E-state index contributed by atoms with van der Waals surface area (Å²) in [7, 11) is 3.14. The van der Waals surface area contributed by atoms with Gasteiger partial charge in [-0.3, -0.25) is 4.79 Å². The molecule has 0 saturated carbocycles. The number of phenols is 1. The molecule has 1 atom stereocenters. The zero-order valence-electron chi connectivity index (χ0n) is 12.4. The Balaban J connectivity index is 1.95. The van der Waals surface area contributed by atoms with Gasteiger partial charge in [0, 0.05) is 11.8 Å². The molecule has 3 rings (SSSR count). The highest BCUT2D eigenvalue weighted by atomic mass is 16.5. The van der Waals surface area contributed by atoms with E-state index in [1.165, 1.54) is 0 Å². The van der Waals surface area contributed by atoms with Gasteiger partial charge < -0.3 is 19.9 Å². The minimum absolute atomic E-state index is 0.0432. The lowest BCUT2D eigenvalue weighted by Crippen LogP contribution is -2.14. The van der Waals surface area contributed by atoms with Crippen LogP contribution in [0, 0.1) is 0 Å². The van der Waals surface area contributed by atoms with Crippen molar-refractivity contribution in [3.8, 4) is 17.2 Å². The highest BCUT2D eigenvalue weighted by Gasteiger charge is 2.32. The number of nitrogens with one attached hydrogen (secondary N) is 1. The molecule has 2 N–H and O–H groups in total. The Kier molecular flexibility index (Phi) is 3.63. The quantitative estimate of drug-likeness (QED) is 0.911. The highest BCUT2D eigenvalue weighted by molar-refractivity contribution is 6.03. The number of benzene rings is 2. The number of phenolic OH excluding ortho intramolecular Hbond substituents is 1. The van der Waals surface area contributed by atoms with Crippen LogP contribution < -0.4 is 14.8 Å². The lowest BCUT2D eigenvalue weighted by atomic mass is 9.93. The second-order valence-electron chi connectivity index (χ2n) is 5.21. The van der Waals surface area contributed by atoms with Gasteiger partial charge in [0.1, 0.15) is 5.75 Å². The van der Waals surface area contributed by atoms with E-state index in [4.69, 9.17) is 9.47 Å². The molecule has 0 radical (unpaired) electrons. The van der Waals surface area contributed by atoms with Crippen molar-refractivity contribution >= 4 is 11.6 Å². The summed E-state index contributed by atoms with van der Waals surface area (Å²) in [6.07, 6.45) is 0.564. The molecule has 1 unspecified atom stereocenters. The molecule has 2 aromatic rings. The molecule has 0 fully saturated rings. The smallest absolute Gasteiger partial charge is 0.232 e. The van der Waals surface area contributed by atoms with E-state index in [-0.39, 0.29) is 17.6 Å². The molecule has 1 heterocycles. The molecule has 0 spiro atoms. The minimum atomic E-state index is -0.278. The maximum atomic E-state index is 12.3. The van der Waals surface area contributed by atoms with Crippen LogP contribution in [-0.2, 0) is 11.2 Å².